The van der Waals surface area contributed by atoms with Gasteiger partial charge in [-0.2, -0.15) is 0 Å². The molecule has 0 saturated heterocycles. The third-order valence-corrected chi connectivity index (χ3v) is 6.28. The van der Waals surface area contributed by atoms with Crippen molar-refractivity contribution in [3.63, 3.8) is 0 Å². The number of sulfone groups is 1. The van der Waals surface area contributed by atoms with Gasteiger partial charge in [0.25, 0.3) is 0 Å². The van der Waals surface area contributed by atoms with Crippen LogP contribution in [0, 0.1) is 6.92 Å². The van der Waals surface area contributed by atoms with Crippen LogP contribution in [0.2, 0.25) is 0 Å². The first kappa shape index (κ1) is 27.0. The van der Waals surface area contributed by atoms with Gasteiger partial charge in [-0.3, -0.25) is 0 Å². The Balaban J connectivity index is 3.07. The minimum atomic E-state index is -3.71. The molecule has 1 aromatic carbocycles. The zero-order valence-electron chi connectivity index (χ0n) is 18.2. The lowest BCUT2D eigenvalue weighted by Gasteiger charge is -2.08. The van der Waals surface area contributed by atoms with Gasteiger partial charge in [-0.25, -0.2) is 22.8 Å². The number of aliphatic hydroxyl groups is 1. The Morgan fingerprint density at radius 3 is 2.16 bits per heavy atom. The van der Waals surface area contributed by atoms with Gasteiger partial charge < -0.3 is 14.9 Å². The predicted molar refractivity (Wildman–Crippen MR) is 119 cm³/mol. The summed E-state index contributed by atoms with van der Waals surface area (Å²) in [7, 11) is -3.71. The van der Waals surface area contributed by atoms with E-state index in [1.807, 2.05) is 6.92 Å². The first-order chi connectivity index (χ1) is 15.0. The van der Waals surface area contributed by atoms with Gasteiger partial charge in [-0.15, -0.1) is 0 Å². The lowest BCUT2D eigenvalue weighted by molar-refractivity contribution is -0.154. The van der Waals surface area contributed by atoms with Gasteiger partial charge in [0.05, 0.1) is 10.6 Å². The topological polar surface area (TPSA) is 135 Å². The first-order valence-corrected chi connectivity index (χ1v) is 11.6. The number of aryl methyl sites for hydroxylation is 1. The fraction of sp³-hybridized carbons (Fsp3) is 0.348. The van der Waals surface area contributed by atoms with Crippen molar-refractivity contribution in [2.24, 2.45) is 0 Å². The summed E-state index contributed by atoms with van der Waals surface area (Å²) in [5.41, 5.74) is 0.724. The number of ether oxygens (including phenoxy) is 1. The number of hydrogen-bond acceptors (Lipinski definition) is 7. The number of benzene rings is 1. The number of aliphatic carboxylic acids is 1. The fourth-order valence-electron chi connectivity index (χ4n) is 2.46. The number of esters is 2. The SMILES string of the molecule is C=C(CC)C(=O)OC(=O)C(=CC=C(CCS(=O)(=O)c1ccc(C)cc1)C(=O)O)CCCO. The van der Waals surface area contributed by atoms with E-state index in [-0.39, 0.29) is 47.5 Å². The van der Waals surface area contributed by atoms with Crippen LogP contribution in [-0.4, -0.2) is 48.9 Å². The summed E-state index contributed by atoms with van der Waals surface area (Å²) < 4.78 is 29.7. The molecule has 0 aromatic heterocycles. The Kier molecular flexibility index (Phi) is 10.7. The van der Waals surface area contributed by atoms with Gasteiger partial charge in [-0.1, -0.05) is 43.4 Å². The number of rotatable bonds is 12. The molecule has 0 amide bonds. The highest BCUT2D eigenvalue weighted by molar-refractivity contribution is 7.91. The van der Waals surface area contributed by atoms with Gasteiger partial charge in [0.2, 0.25) is 0 Å². The van der Waals surface area contributed by atoms with Crippen LogP contribution in [0.3, 0.4) is 0 Å². The van der Waals surface area contributed by atoms with Crippen molar-refractivity contribution < 1.29 is 37.8 Å². The molecule has 0 aliphatic heterocycles. The average molecular weight is 465 g/mol. The quantitative estimate of drug-likeness (QED) is 0.209. The standard InChI is InChI=1S/C23H28O8S/c1-4-17(3)22(27)31-23(28)19(6-5-14-24)10-9-18(21(25)26)13-15-32(29,30)20-11-7-16(2)8-12-20/h7-12,24H,3-6,13-15H2,1-2H3,(H,25,26). The van der Waals surface area contributed by atoms with Crippen molar-refractivity contribution in [1.82, 2.24) is 0 Å². The van der Waals surface area contributed by atoms with E-state index >= 15 is 0 Å². The summed E-state index contributed by atoms with van der Waals surface area (Å²) in [6.07, 6.45) is 2.49. The molecule has 0 heterocycles. The molecule has 0 spiro atoms. The van der Waals surface area contributed by atoms with Crippen LogP contribution in [0.1, 0.15) is 38.2 Å². The number of hydrogen-bond donors (Lipinski definition) is 2. The van der Waals surface area contributed by atoms with Crippen LogP contribution >= 0.6 is 0 Å². The van der Waals surface area contributed by atoms with E-state index < -0.39 is 33.5 Å². The molecule has 174 valence electrons. The van der Waals surface area contributed by atoms with E-state index in [9.17, 15) is 27.9 Å². The molecule has 0 saturated carbocycles. The lowest BCUT2D eigenvalue weighted by Crippen LogP contribution is -2.16. The maximum atomic E-state index is 12.5. The molecule has 2 N–H and O–H groups in total. The molecule has 0 atom stereocenters. The molecule has 0 radical (unpaired) electrons. The van der Waals surface area contributed by atoms with Crippen LogP contribution in [0.15, 0.2) is 64.6 Å². The van der Waals surface area contributed by atoms with Crippen molar-refractivity contribution in [2.75, 3.05) is 12.4 Å². The first-order valence-electron chi connectivity index (χ1n) is 9.99. The minimum Gasteiger partial charge on any atom is -0.478 e. The third kappa shape index (κ3) is 8.60. The van der Waals surface area contributed by atoms with Crippen LogP contribution in [-0.2, 0) is 29.0 Å². The highest BCUT2D eigenvalue weighted by atomic mass is 32.2. The smallest absolute Gasteiger partial charge is 0.341 e. The highest BCUT2D eigenvalue weighted by Crippen LogP contribution is 2.17. The van der Waals surface area contributed by atoms with Gasteiger partial charge in [0.15, 0.2) is 9.84 Å². The zero-order valence-corrected chi connectivity index (χ0v) is 19.0. The van der Waals surface area contributed by atoms with Crippen molar-refractivity contribution in [1.29, 1.82) is 0 Å². The second-order valence-electron chi connectivity index (χ2n) is 7.03. The Labute approximate surface area is 187 Å². The maximum absolute atomic E-state index is 12.5. The molecule has 8 nitrogen and oxygen atoms in total. The predicted octanol–water partition coefficient (Wildman–Crippen LogP) is 2.90. The Morgan fingerprint density at radius 1 is 1.03 bits per heavy atom. The minimum absolute atomic E-state index is 0.0311. The molecule has 0 bridgehead atoms. The highest BCUT2D eigenvalue weighted by Gasteiger charge is 2.19. The molecular formula is C23H28O8S. The average Bonchev–Trinajstić information content (AvgIpc) is 2.74. The second-order valence-corrected chi connectivity index (χ2v) is 9.14. The van der Waals surface area contributed by atoms with Gasteiger partial charge in [0.1, 0.15) is 0 Å². The summed E-state index contributed by atoms with van der Waals surface area (Å²) in [5.74, 6) is -3.65. The van der Waals surface area contributed by atoms with Crippen LogP contribution < -0.4 is 0 Å². The van der Waals surface area contributed by atoms with Crippen LogP contribution in [0.25, 0.3) is 0 Å². The molecule has 1 rings (SSSR count). The summed E-state index contributed by atoms with van der Waals surface area (Å²) in [5, 5.41) is 18.5. The Morgan fingerprint density at radius 2 is 1.62 bits per heavy atom. The van der Waals surface area contributed by atoms with Gasteiger partial charge >= 0.3 is 17.9 Å². The monoisotopic (exact) mass is 464 g/mol. The summed E-state index contributed by atoms with van der Waals surface area (Å²) >= 11 is 0. The lowest BCUT2D eigenvalue weighted by atomic mass is 10.1. The zero-order chi connectivity index (χ0) is 24.3. The van der Waals surface area contributed by atoms with Crippen molar-refractivity contribution in [3.8, 4) is 0 Å². The number of allylic oxidation sites excluding steroid dienone is 2. The molecule has 0 aliphatic rings. The molecule has 0 fully saturated rings. The number of carboxylic acid groups (broad SMARTS) is 1. The van der Waals surface area contributed by atoms with E-state index in [1.165, 1.54) is 18.2 Å². The van der Waals surface area contributed by atoms with E-state index in [1.54, 1.807) is 19.1 Å². The molecular weight excluding hydrogens is 436 g/mol. The van der Waals surface area contributed by atoms with Gasteiger partial charge in [-0.05, 0) is 44.7 Å². The van der Waals surface area contributed by atoms with Gasteiger partial charge in [0, 0.05) is 23.3 Å². The van der Waals surface area contributed by atoms with Crippen molar-refractivity contribution in [2.45, 2.75) is 44.4 Å². The third-order valence-electron chi connectivity index (χ3n) is 4.55. The van der Waals surface area contributed by atoms with Crippen LogP contribution in [0.4, 0.5) is 0 Å². The number of carbonyl (C=O) groups excluding carboxylic acids is 2. The molecule has 9 heteroatoms. The summed E-state index contributed by atoms with van der Waals surface area (Å²) in [6, 6.07) is 6.21. The largest absolute Gasteiger partial charge is 0.478 e. The Bertz CT molecular complexity index is 1010. The molecule has 1 aromatic rings. The Hall–Kier alpha value is -3.04. The fourth-order valence-corrected chi connectivity index (χ4v) is 3.73. The van der Waals surface area contributed by atoms with E-state index in [0.717, 1.165) is 11.6 Å². The van der Waals surface area contributed by atoms with E-state index in [2.05, 4.69) is 6.58 Å². The number of carbonyl (C=O) groups is 3. The van der Waals surface area contributed by atoms with Crippen molar-refractivity contribution in [3.05, 3.63) is 65.3 Å². The number of aliphatic hydroxyl groups excluding tert-OH is 1. The molecule has 32 heavy (non-hydrogen) atoms. The maximum Gasteiger partial charge on any atom is 0.341 e. The van der Waals surface area contributed by atoms with E-state index in [0.29, 0.717) is 6.42 Å². The summed E-state index contributed by atoms with van der Waals surface area (Å²) in [6.45, 7) is 6.75. The molecule has 0 unspecified atom stereocenters. The number of carboxylic acids is 1. The molecule has 0 aliphatic carbocycles. The van der Waals surface area contributed by atoms with E-state index in [4.69, 9.17) is 9.84 Å². The van der Waals surface area contributed by atoms with Crippen LogP contribution in [0.5, 0.6) is 0 Å². The summed E-state index contributed by atoms with van der Waals surface area (Å²) in [4.78, 5) is 35.7. The second kappa shape index (κ2) is 12.7. The normalized spacial score (nSPS) is 12.3. The van der Waals surface area contributed by atoms with Crippen molar-refractivity contribution >= 4 is 27.7 Å².